The monoisotopic (exact) mass is 374 g/mol. The zero-order chi connectivity index (χ0) is 19.6. The molecule has 27 heavy (non-hydrogen) atoms. The Bertz CT molecular complexity index is 920. The molecule has 0 saturated heterocycles. The van der Waals surface area contributed by atoms with E-state index < -0.39 is 29.2 Å². The van der Waals surface area contributed by atoms with E-state index in [0.717, 1.165) is 28.7 Å². The minimum absolute atomic E-state index is 0.0956. The van der Waals surface area contributed by atoms with Crippen molar-refractivity contribution in [2.45, 2.75) is 6.42 Å². The van der Waals surface area contributed by atoms with E-state index in [1.54, 1.807) is 6.07 Å². The Morgan fingerprint density at radius 2 is 1.81 bits per heavy atom. The van der Waals surface area contributed by atoms with E-state index in [2.05, 4.69) is 5.32 Å². The lowest BCUT2D eigenvalue weighted by molar-refractivity contribution is -0.137. The molecule has 0 unspecified atom stereocenters. The number of amides is 2. The standard InChI is InChI=1S/C19H16F2N2O4/c1-27-16-5-3-2-4-11(16)6-7-23-17(24)10-15(19(23)26)22-12-8-13(20)18(25)14(21)9-12/h2-5,8-10,22,25H,6-7H2,1H3. The number of aromatic hydroxyl groups is 1. The first-order valence-corrected chi connectivity index (χ1v) is 8.05. The molecule has 140 valence electrons. The molecule has 6 nitrogen and oxygen atoms in total. The summed E-state index contributed by atoms with van der Waals surface area (Å²) in [5, 5.41) is 11.6. The molecule has 0 aliphatic carbocycles. The minimum Gasteiger partial charge on any atom is -0.503 e. The van der Waals surface area contributed by atoms with Crippen LogP contribution in [0, 0.1) is 11.6 Å². The summed E-state index contributed by atoms with van der Waals surface area (Å²) < 4.78 is 32.1. The fourth-order valence-electron chi connectivity index (χ4n) is 2.74. The number of halogens is 2. The van der Waals surface area contributed by atoms with Crippen molar-refractivity contribution in [1.29, 1.82) is 0 Å². The van der Waals surface area contributed by atoms with Gasteiger partial charge in [-0.1, -0.05) is 18.2 Å². The molecule has 1 aliphatic heterocycles. The number of carbonyl (C=O) groups is 2. The van der Waals surface area contributed by atoms with Crippen LogP contribution in [-0.2, 0) is 16.0 Å². The Balaban J connectivity index is 1.70. The molecule has 0 bridgehead atoms. The third-order valence-corrected chi connectivity index (χ3v) is 4.10. The summed E-state index contributed by atoms with van der Waals surface area (Å²) in [6, 6.07) is 8.90. The van der Waals surface area contributed by atoms with Gasteiger partial charge >= 0.3 is 0 Å². The first-order chi connectivity index (χ1) is 12.9. The van der Waals surface area contributed by atoms with E-state index in [0.29, 0.717) is 12.2 Å². The molecular weight excluding hydrogens is 358 g/mol. The smallest absolute Gasteiger partial charge is 0.277 e. The number of hydrogen-bond donors (Lipinski definition) is 2. The highest BCUT2D eigenvalue weighted by Crippen LogP contribution is 2.26. The second-order valence-corrected chi connectivity index (χ2v) is 5.83. The number of nitrogens with zero attached hydrogens (tertiary/aromatic N) is 1. The van der Waals surface area contributed by atoms with Gasteiger partial charge in [0, 0.05) is 30.4 Å². The number of imide groups is 1. The van der Waals surface area contributed by atoms with Crippen LogP contribution in [0.1, 0.15) is 5.56 Å². The molecule has 2 amide bonds. The number of methoxy groups -OCH3 is 1. The number of para-hydroxylation sites is 1. The number of hydrogen-bond acceptors (Lipinski definition) is 5. The van der Waals surface area contributed by atoms with Crippen LogP contribution in [0.4, 0.5) is 14.5 Å². The molecule has 2 aromatic rings. The van der Waals surface area contributed by atoms with Crippen molar-refractivity contribution in [2.24, 2.45) is 0 Å². The largest absolute Gasteiger partial charge is 0.503 e. The molecule has 0 saturated carbocycles. The maximum absolute atomic E-state index is 13.4. The van der Waals surface area contributed by atoms with Crippen molar-refractivity contribution < 1.29 is 28.2 Å². The van der Waals surface area contributed by atoms with E-state index in [-0.39, 0.29) is 17.9 Å². The molecule has 0 atom stereocenters. The maximum Gasteiger partial charge on any atom is 0.277 e. The van der Waals surface area contributed by atoms with Gasteiger partial charge in [0.25, 0.3) is 11.8 Å². The SMILES string of the molecule is COc1ccccc1CCN1C(=O)C=C(Nc2cc(F)c(O)c(F)c2)C1=O. The Morgan fingerprint density at radius 3 is 2.48 bits per heavy atom. The Morgan fingerprint density at radius 1 is 1.15 bits per heavy atom. The Hall–Kier alpha value is -3.42. The fraction of sp³-hybridized carbons (Fsp3) is 0.158. The Kier molecular flexibility index (Phi) is 5.07. The van der Waals surface area contributed by atoms with E-state index in [9.17, 15) is 18.4 Å². The summed E-state index contributed by atoms with van der Waals surface area (Å²) >= 11 is 0. The summed E-state index contributed by atoms with van der Waals surface area (Å²) in [6.45, 7) is 0.123. The number of ether oxygens (including phenoxy) is 1. The lowest BCUT2D eigenvalue weighted by atomic mass is 10.1. The van der Waals surface area contributed by atoms with Crippen LogP contribution in [0.15, 0.2) is 48.2 Å². The van der Waals surface area contributed by atoms with Crippen molar-refractivity contribution >= 4 is 17.5 Å². The van der Waals surface area contributed by atoms with Crippen LogP contribution < -0.4 is 10.1 Å². The van der Waals surface area contributed by atoms with Gasteiger partial charge in [-0.3, -0.25) is 14.5 Å². The van der Waals surface area contributed by atoms with Crippen molar-refractivity contribution in [3.05, 3.63) is 65.4 Å². The quantitative estimate of drug-likeness (QED) is 0.600. The molecule has 8 heteroatoms. The third-order valence-electron chi connectivity index (χ3n) is 4.10. The topological polar surface area (TPSA) is 78.9 Å². The summed E-state index contributed by atoms with van der Waals surface area (Å²) in [5.74, 6) is -3.95. The van der Waals surface area contributed by atoms with Crippen LogP contribution in [0.5, 0.6) is 11.5 Å². The summed E-state index contributed by atoms with van der Waals surface area (Å²) in [4.78, 5) is 25.6. The number of benzene rings is 2. The highest BCUT2D eigenvalue weighted by Gasteiger charge is 2.31. The lowest BCUT2D eigenvalue weighted by Crippen LogP contribution is -2.34. The molecule has 3 rings (SSSR count). The first kappa shape index (κ1) is 18.4. The lowest BCUT2D eigenvalue weighted by Gasteiger charge is -2.16. The van der Waals surface area contributed by atoms with Crippen LogP contribution in [0.25, 0.3) is 0 Å². The van der Waals surface area contributed by atoms with Crippen molar-refractivity contribution in [3.8, 4) is 11.5 Å². The van der Waals surface area contributed by atoms with Crippen LogP contribution in [0.3, 0.4) is 0 Å². The van der Waals surface area contributed by atoms with Crippen molar-refractivity contribution in [2.75, 3.05) is 19.0 Å². The van der Waals surface area contributed by atoms with E-state index in [1.807, 2.05) is 18.2 Å². The molecule has 0 spiro atoms. The number of phenolic OH excluding ortho intramolecular Hbond substituents is 1. The molecule has 0 aromatic heterocycles. The molecule has 1 heterocycles. The zero-order valence-corrected chi connectivity index (χ0v) is 14.3. The Labute approximate surface area is 153 Å². The highest BCUT2D eigenvalue weighted by atomic mass is 19.1. The summed E-state index contributed by atoms with van der Waals surface area (Å²) in [5.41, 5.74) is 0.635. The average molecular weight is 374 g/mol. The van der Waals surface area contributed by atoms with Crippen LogP contribution in [0.2, 0.25) is 0 Å². The zero-order valence-electron chi connectivity index (χ0n) is 14.3. The van der Waals surface area contributed by atoms with Gasteiger partial charge in [0.15, 0.2) is 17.4 Å². The molecular formula is C19H16F2N2O4. The second-order valence-electron chi connectivity index (χ2n) is 5.83. The number of carbonyl (C=O) groups excluding carboxylic acids is 2. The van der Waals surface area contributed by atoms with Gasteiger partial charge in [-0.15, -0.1) is 0 Å². The van der Waals surface area contributed by atoms with Gasteiger partial charge in [0.2, 0.25) is 0 Å². The molecule has 0 fully saturated rings. The van der Waals surface area contributed by atoms with Gasteiger partial charge in [0.05, 0.1) is 7.11 Å². The number of nitrogens with one attached hydrogen (secondary N) is 1. The molecule has 2 aromatic carbocycles. The van der Waals surface area contributed by atoms with E-state index >= 15 is 0 Å². The third kappa shape index (κ3) is 3.74. The highest BCUT2D eigenvalue weighted by molar-refractivity contribution is 6.17. The molecule has 0 radical (unpaired) electrons. The van der Waals surface area contributed by atoms with E-state index in [1.165, 1.54) is 7.11 Å². The number of phenols is 1. The molecule has 1 aliphatic rings. The summed E-state index contributed by atoms with van der Waals surface area (Å²) in [7, 11) is 1.53. The van der Waals surface area contributed by atoms with Crippen molar-refractivity contribution in [3.63, 3.8) is 0 Å². The van der Waals surface area contributed by atoms with Gasteiger partial charge in [0.1, 0.15) is 11.4 Å². The summed E-state index contributed by atoms with van der Waals surface area (Å²) in [6.07, 6.45) is 1.46. The predicted octanol–water partition coefficient (Wildman–Crippen LogP) is 2.59. The van der Waals surface area contributed by atoms with E-state index in [4.69, 9.17) is 9.84 Å². The van der Waals surface area contributed by atoms with Crippen LogP contribution in [-0.4, -0.2) is 35.5 Å². The maximum atomic E-state index is 13.4. The number of anilines is 1. The average Bonchev–Trinajstić information content (AvgIpc) is 2.91. The van der Waals surface area contributed by atoms with Gasteiger partial charge in [-0.05, 0) is 18.1 Å². The van der Waals surface area contributed by atoms with Crippen LogP contribution >= 0.6 is 0 Å². The molecule has 2 N–H and O–H groups in total. The van der Waals surface area contributed by atoms with Gasteiger partial charge < -0.3 is 15.2 Å². The van der Waals surface area contributed by atoms with Crippen molar-refractivity contribution in [1.82, 2.24) is 4.90 Å². The minimum atomic E-state index is -1.18. The van der Waals surface area contributed by atoms with Gasteiger partial charge in [-0.25, -0.2) is 8.78 Å². The first-order valence-electron chi connectivity index (χ1n) is 8.05. The fourth-order valence-corrected chi connectivity index (χ4v) is 2.74. The normalized spacial score (nSPS) is 13.7. The predicted molar refractivity (Wildman–Crippen MR) is 93.1 cm³/mol. The van der Waals surface area contributed by atoms with Gasteiger partial charge in [-0.2, -0.15) is 0 Å². The number of rotatable bonds is 6. The second kappa shape index (κ2) is 7.45.